The topological polar surface area (TPSA) is 43.4 Å². The van der Waals surface area contributed by atoms with Gasteiger partial charge in [0.05, 0.1) is 20.9 Å². The lowest BCUT2D eigenvalue weighted by atomic mass is 10.1. The van der Waals surface area contributed by atoms with Gasteiger partial charge in [0.1, 0.15) is 0 Å². The Morgan fingerprint density at radius 3 is 2.28 bits per heavy atom. The lowest BCUT2D eigenvalue weighted by Crippen LogP contribution is -2.29. The van der Waals surface area contributed by atoms with E-state index in [1.807, 2.05) is 18.2 Å². The van der Waals surface area contributed by atoms with Crippen LogP contribution >= 0.6 is 0 Å². The first-order valence-electron chi connectivity index (χ1n) is 6.03. The fraction of sp³-hybridized carbons (Fsp3) is 0.538. The summed E-state index contributed by atoms with van der Waals surface area (Å²) in [4.78, 5) is 0. The Kier molecular flexibility index (Phi) is 4.75. The van der Waals surface area contributed by atoms with E-state index >= 15 is 0 Å². The van der Waals surface area contributed by atoms with Gasteiger partial charge in [-0.25, -0.2) is 0 Å². The van der Waals surface area contributed by atoms with Crippen molar-refractivity contribution in [1.82, 2.24) is 0 Å². The van der Waals surface area contributed by atoms with E-state index in [2.05, 4.69) is 32.6 Å². The van der Waals surface area contributed by atoms with Gasteiger partial charge in [-0.2, -0.15) is 8.42 Å². The number of hydrogen-bond donors (Lipinski definition) is 0. The molecule has 0 saturated carbocycles. The van der Waals surface area contributed by atoms with Gasteiger partial charge in [0.25, 0.3) is 10.1 Å². The summed E-state index contributed by atoms with van der Waals surface area (Å²) in [5.41, 5.74) is 2.65. The number of rotatable bonds is 5. The molecule has 0 aliphatic rings. The zero-order valence-electron chi connectivity index (χ0n) is 11.7. The Bertz CT molecular complexity index is 503. The smallest absolute Gasteiger partial charge is 0.264 e. The molecule has 0 saturated heterocycles. The summed E-state index contributed by atoms with van der Waals surface area (Å²) in [6.45, 7) is 9.28. The van der Waals surface area contributed by atoms with Crippen molar-refractivity contribution in [3.8, 4) is 0 Å². The molecular weight excluding hydrogens is 264 g/mol. The Morgan fingerprint density at radius 2 is 1.78 bits per heavy atom. The zero-order valence-corrected chi connectivity index (χ0v) is 13.5. The Balaban J connectivity index is 3.00. The standard InChI is InChI=1S/C13H22O3SSi/c1-11(18(3,4)5)13-9-7-6-8-12(13)10-16-17(2,14)15/h6-9,11H,10H2,1-5H3. The molecule has 0 spiro atoms. The van der Waals surface area contributed by atoms with Gasteiger partial charge in [-0.05, 0) is 16.7 Å². The lowest BCUT2D eigenvalue weighted by molar-refractivity contribution is 0.310. The second-order valence-corrected chi connectivity index (χ2v) is 13.0. The summed E-state index contributed by atoms with van der Waals surface area (Å²) in [6, 6.07) is 7.93. The maximum Gasteiger partial charge on any atom is 0.264 e. The van der Waals surface area contributed by atoms with Gasteiger partial charge in [0.2, 0.25) is 0 Å². The van der Waals surface area contributed by atoms with Gasteiger partial charge in [-0.3, -0.25) is 4.18 Å². The van der Waals surface area contributed by atoms with Crippen molar-refractivity contribution in [2.75, 3.05) is 6.26 Å². The molecule has 18 heavy (non-hydrogen) atoms. The van der Waals surface area contributed by atoms with Crippen LogP contribution in [0.4, 0.5) is 0 Å². The fourth-order valence-electron chi connectivity index (χ4n) is 1.73. The Labute approximate surface area is 111 Å². The van der Waals surface area contributed by atoms with Crippen LogP contribution < -0.4 is 0 Å². The van der Waals surface area contributed by atoms with Crippen molar-refractivity contribution in [3.05, 3.63) is 35.4 Å². The van der Waals surface area contributed by atoms with Crippen molar-refractivity contribution in [2.24, 2.45) is 0 Å². The monoisotopic (exact) mass is 286 g/mol. The van der Waals surface area contributed by atoms with Gasteiger partial charge in [0.15, 0.2) is 0 Å². The first kappa shape index (κ1) is 15.4. The summed E-state index contributed by atoms with van der Waals surface area (Å²) in [5.74, 6) is 0. The maximum atomic E-state index is 11.1. The summed E-state index contributed by atoms with van der Waals surface area (Å²) >= 11 is 0. The van der Waals surface area contributed by atoms with Crippen LogP contribution in [0.15, 0.2) is 24.3 Å². The first-order chi connectivity index (χ1) is 8.11. The molecule has 1 unspecified atom stereocenters. The molecule has 0 aliphatic heterocycles. The van der Waals surface area contributed by atoms with E-state index in [0.717, 1.165) is 11.8 Å². The Morgan fingerprint density at radius 1 is 1.22 bits per heavy atom. The summed E-state index contributed by atoms with van der Waals surface area (Å²) in [5, 5.41) is 0. The van der Waals surface area contributed by atoms with Gasteiger partial charge >= 0.3 is 0 Å². The van der Waals surface area contributed by atoms with Crippen LogP contribution in [0.3, 0.4) is 0 Å². The van der Waals surface area contributed by atoms with E-state index < -0.39 is 18.2 Å². The molecule has 1 aromatic carbocycles. The molecule has 1 atom stereocenters. The highest BCUT2D eigenvalue weighted by Crippen LogP contribution is 2.29. The van der Waals surface area contributed by atoms with Gasteiger partial charge in [0, 0.05) is 0 Å². The fourth-order valence-corrected chi connectivity index (χ4v) is 3.28. The van der Waals surface area contributed by atoms with Gasteiger partial charge in [-0.15, -0.1) is 0 Å². The van der Waals surface area contributed by atoms with Crippen molar-refractivity contribution in [3.63, 3.8) is 0 Å². The molecule has 1 rings (SSSR count). The largest absolute Gasteiger partial charge is 0.265 e. The molecule has 0 fully saturated rings. The van der Waals surface area contributed by atoms with E-state index in [4.69, 9.17) is 4.18 Å². The van der Waals surface area contributed by atoms with Crippen LogP contribution in [0.2, 0.25) is 19.6 Å². The molecule has 5 heteroatoms. The predicted molar refractivity (Wildman–Crippen MR) is 77.8 cm³/mol. The highest BCUT2D eigenvalue weighted by molar-refractivity contribution is 7.85. The molecule has 102 valence electrons. The third-order valence-electron chi connectivity index (χ3n) is 3.25. The third-order valence-corrected chi connectivity index (χ3v) is 6.70. The van der Waals surface area contributed by atoms with Crippen LogP contribution in [-0.2, 0) is 20.9 Å². The summed E-state index contributed by atoms with van der Waals surface area (Å²) < 4.78 is 27.0. The van der Waals surface area contributed by atoms with Gasteiger partial charge < -0.3 is 0 Å². The summed E-state index contributed by atoms with van der Waals surface area (Å²) in [7, 11) is -4.70. The molecule has 0 bridgehead atoms. The third kappa shape index (κ3) is 4.55. The van der Waals surface area contributed by atoms with Gasteiger partial charge in [-0.1, -0.05) is 50.8 Å². The van der Waals surface area contributed by atoms with E-state index in [-0.39, 0.29) is 6.61 Å². The molecule has 3 nitrogen and oxygen atoms in total. The van der Waals surface area contributed by atoms with Crippen LogP contribution in [0.5, 0.6) is 0 Å². The Hall–Kier alpha value is -0.653. The highest BCUT2D eigenvalue weighted by atomic mass is 32.2. The van der Waals surface area contributed by atoms with Crippen LogP contribution in [0.1, 0.15) is 23.6 Å². The van der Waals surface area contributed by atoms with E-state index in [1.165, 1.54) is 5.56 Å². The minimum Gasteiger partial charge on any atom is -0.265 e. The SMILES string of the molecule is CC(c1ccccc1COS(C)(=O)=O)[Si](C)(C)C. The average Bonchev–Trinajstić information content (AvgIpc) is 2.23. The number of benzene rings is 1. The first-order valence-corrected chi connectivity index (χ1v) is 11.4. The normalized spacial score (nSPS) is 14.5. The van der Waals surface area contributed by atoms with Crippen LogP contribution in [0.25, 0.3) is 0 Å². The predicted octanol–water partition coefficient (Wildman–Crippen LogP) is 3.14. The molecule has 0 aromatic heterocycles. The number of hydrogen-bond acceptors (Lipinski definition) is 3. The molecule has 1 aromatic rings. The quantitative estimate of drug-likeness (QED) is 0.617. The molecule has 0 aliphatic carbocycles. The molecule has 0 radical (unpaired) electrons. The van der Waals surface area contributed by atoms with Crippen molar-refractivity contribution in [1.29, 1.82) is 0 Å². The second kappa shape index (κ2) is 5.55. The molecule has 0 heterocycles. The molecule has 0 N–H and O–H groups in total. The van der Waals surface area contributed by atoms with Crippen molar-refractivity contribution < 1.29 is 12.6 Å². The summed E-state index contributed by atoms with van der Waals surface area (Å²) in [6.07, 6.45) is 1.08. The minimum absolute atomic E-state index is 0.129. The lowest BCUT2D eigenvalue weighted by Gasteiger charge is -2.27. The van der Waals surface area contributed by atoms with Crippen LogP contribution in [-0.4, -0.2) is 22.7 Å². The second-order valence-electron chi connectivity index (χ2n) is 5.75. The van der Waals surface area contributed by atoms with E-state index in [1.54, 1.807) is 0 Å². The minimum atomic E-state index is -3.39. The van der Waals surface area contributed by atoms with E-state index in [9.17, 15) is 8.42 Å². The molecular formula is C13H22O3SSi. The molecule has 0 amide bonds. The van der Waals surface area contributed by atoms with Crippen LogP contribution in [0, 0.1) is 0 Å². The highest BCUT2D eigenvalue weighted by Gasteiger charge is 2.25. The average molecular weight is 286 g/mol. The zero-order chi connectivity index (χ0) is 14.0. The van der Waals surface area contributed by atoms with Crippen molar-refractivity contribution >= 4 is 18.2 Å². The van der Waals surface area contributed by atoms with Crippen molar-refractivity contribution in [2.45, 2.75) is 38.7 Å². The maximum absolute atomic E-state index is 11.1. The van der Waals surface area contributed by atoms with E-state index in [0.29, 0.717) is 5.54 Å².